The number of imidazole rings is 1. The Bertz CT molecular complexity index is 1200. The number of nitrogens with one attached hydrogen (secondary N) is 1. The zero-order valence-corrected chi connectivity index (χ0v) is 14.9. The number of para-hydroxylation sites is 1. The summed E-state index contributed by atoms with van der Waals surface area (Å²) in [5.74, 6) is -0.0739. The highest BCUT2D eigenvalue weighted by molar-refractivity contribution is 5.78. The smallest absolute Gasteiger partial charge is 0.368 e. The van der Waals surface area contributed by atoms with Crippen LogP contribution in [0.2, 0.25) is 0 Å². The molecule has 0 unspecified atom stereocenters. The normalized spacial score (nSPS) is 11.8. The molecule has 0 radical (unpaired) electrons. The monoisotopic (exact) mass is 403 g/mol. The van der Waals surface area contributed by atoms with Crippen LogP contribution < -0.4 is 11.1 Å². The number of hydrogen-bond donors (Lipinski definition) is 2. The van der Waals surface area contributed by atoms with Gasteiger partial charge in [0.1, 0.15) is 11.3 Å². The SMILES string of the molecule is Cc1nc2c(F)cccc2n1-c1nc(N)nc(Nc2ccc(C(F)(F)F)cc2)n1. The Morgan fingerprint density at radius 3 is 2.38 bits per heavy atom. The highest BCUT2D eigenvalue weighted by atomic mass is 19.4. The lowest BCUT2D eigenvalue weighted by molar-refractivity contribution is -0.137. The van der Waals surface area contributed by atoms with Crippen LogP contribution in [-0.4, -0.2) is 24.5 Å². The van der Waals surface area contributed by atoms with Crippen molar-refractivity contribution in [3.8, 4) is 5.95 Å². The van der Waals surface area contributed by atoms with Gasteiger partial charge in [0.2, 0.25) is 17.8 Å². The van der Waals surface area contributed by atoms with E-state index in [4.69, 9.17) is 5.73 Å². The van der Waals surface area contributed by atoms with Crippen molar-refractivity contribution in [2.24, 2.45) is 0 Å². The minimum absolute atomic E-state index is 0.0184. The van der Waals surface area contributed by atoms with Crippen LogP contribution in [-0.2, 0) is 6.18 Å². The van der Waals surface area contributed by atoms with Gasteiger partial charge >= 0.3 is 6.18 Å². The summed E-state index contributed by atoms with van der Waals surface area (Å²) in [7, 11) is 0. The first kappa shape index (κ1) is 18.6. The van der Waals surface area contributed by atoms with E-state index < -0.39 is 17.6 Å². The third-order valence-corrected chi connectivity index (χ3v) is 4.11. The van der Waals surface area contributed by atoms with Crippen LogP contribution in [0.4, 0.5) is 35.1 Å². The summed E-state index contributed by atoms with van der Waals surface area (Å²) in [6.45, 7) is 1.66. The summed E-state index contributed by atoms with van der Waals surface area (Å²) in [6.07, 6.45) is -4.43. The van der Waals surface area contributed by atoms with Crippen LogP contribution in [0.1, 0.15) is 11.4 Å². The maximum atomic E-state index is 14.0. The zero-order chi connectivity index (χ0) is 20.8. The van der Waals surface area contributed by atoms with E-state index in [1.807, 2.05) is 0 Å². The third kappa shape index (κ3) is 3.53. The fourth-order valence-electron chi connectivity index (χ4n) is 2.84. The first-order chi connectivity index (χ1) is 13.7. The van der Waals surface area contributed by atoms with Gasteiger partial charge in [-0.15, -0.1) is 0 Å². The first-order valence-electron chi connectivity index (χ1n) is 8.32. The molecular formula is C18H13F4N7. The maximum absolute atomic E-state index is 14.0. The van der Waals surface area contributed by atoms with Gasteiger partial charge in [0.05, 0.1) is 11.1 Å². The van der Waals surface area contributed by atoms with Gasteiger partial charge in [0, 0.05) is 5.69 Å². The number of fused-ring (bicyclic) bond motifs is 1. The number of anilines is 3. The summed E-state index contributed by atoms with van der Waals surface area (Å²) in [5, 5.41) is 2.79. The quantitative estimate of drug-likeness (QED) is 0.502. The van der Waals surface area contributed by atoms with Crippen molar-refractivity contribution in [3.05, 3.63) is 59.7 Å². The Balaban J connectivity index is 1.72. The largest absolute Gasteiger partial charge is 0.416 e. The van der Waals surface area contributed by atoms with Crippen LogP contribution in [0.3, 0.4) is 0 Å². The molecule has 0 aliphatic heterocycles. The summed E-state index contributed by atoms with van der Waals surface area (Å²) in [5.41, 5.74) is 5.91. The summed E-state index contributed by atoms with van der Waals surface area (Å²) in [6, 6.07) is 8.83. The Morgan fingerprint density at radius 2 is 1.69 bits per heavy atom. The van der Waals surface area contributed by atoms with E-state index >= 15 is 0 Å². The molecule has 0 atom stereocenters. The van der Waals surface area contributed by atoms with Gasteiger partial charge in [-0.3, -0.25) is 4.57 Å². The highest BCUT2D eigenvalue weighted by Crippen LogP contribution is 2.30. The van der Waals surface area contributed by atoms with Gasteiger partial charge in [-0.2, -0.15) is 28.1 Å². The standard InChI is InChI=1S/C18H13F4N7/c1-9-24-14-12(19)3-2-4-13(14)29(9)17-27-15(23)26-16(28-17)25-11-7-5-10(6-8-11)18(20,21)22/h2-8H,1H3,(H3,23,25,26,27,28). The van der Waals surface area contributed by atoms with Crippen molar-refractivity contribution in [3.63, 3.8) is 0 Å². The molecule has 0 spiro atoms. The highest BCUT2D eigenvalue weighted by Gasteiger charge is 2.30. The van der Waals surface area contributed by atoms with Crippen LogP contribution in [0.25, 0.3) is 17.0 Å². The number of halogens is 4. The Morgan fingerprint density at radius 1 is 0.966 bits per heavy atom. The van der Waals surface area contributed by atoms with Crippen LogP contribution >= 0.6 is 0 Å². The Kier molecular flexibility index (Phi) is 4.29. The van der Waals surface area contributed by atoms with Crippen molar-refractivity contribution in [2.45, 2.75) is 13.1 Å². The molecule has 0 bridgehead atoms. The number of nitrogens with two attached hydrogens (primary N) is 1. The molecule has 148 valence electrons. The lowest BCUT2D eigenvalue weighted by atomic mass is 10.2. The van der Waals surface area contributed by atoms with Gasteiger partial charge in [0.25, 0.3) is 0 Å². The zero-order valence-electron chi connectivity index (χ0n) is 14.9. The van der Waals surface area contributed by atoms with Crippen LogP contribution in [0.15, 0.2) is 42.5 Å². The minimum Gasteiger partial charge on any atom is -0.368 e. The number of nitrogen functional groups attached to an aromatic ring is 1. The summed E-state index contributed by atoms with van der Waals surface area (Å²) in [4.78, 5) is 16.5. The van der Waals surface area contributed by atoms with Crippen LogP contribution in [0, 0.1) is 12.7 Å². The van der Waals surface area contributed by atoms with E-state index in [0.717, 1.165) is 12.1 Å². The average molecular weight is 403 g/mol. The molecule has 2 heterocycles. The molecule has 3 N–H and O–H groups in total. The topological polar surface area (TPSA) is 94.5 Å². The predicted molar refractivity (Wildman–Crippen MR) is 98.3 cm³/mol. The van der Waals surface area contributed by atoms with Gasteiger partial charge in [0.15, 0.2) is 5.82 Å². The van der Waals surface area contributed by atoms with Gasteiger partial charge in [-0.1, -0.05) is 6.07 Å². The lowest BCUT2D eigenvalue weighted by Crippen LogP contribution is -2.10. The number of aromatic nitrogens is 5. The third-order valence-electron chi connectivity index (χ3n) is 4.11. The number of benzene rings is 2. The molecule has 0 fully saturated rings. The molecule has 11 heteroatoms. The second kappa shape index (κ2) is 6.69. The van der Waals surface area contributed by atoms with E-state index in [9.17, 15) is 17.6 Å². The van der Waals surface area contributed by atoms with Gasteiger partial charge in [-0.05, 0) is 43.3 Å². The summed E-state index contributed by atoms with van der Waals surface area (Å²) >= 11 is 0. The molecule has 0 aliphatic rings. The molecule has 29 heavy (non-hydrogen) atoms. The van der Waals surface area contributed by atoms with Gasteiger partial charge in [-0.25, -0.2) is 9.37 Å². The minimum atomic E-state index is -4.43. The Hall–Kier alpha value is -3.76. The number of hydrogen-bond acceptors (Lipinski definition) is 6. The molecule has 0 saturated carbocycles. The van der Waals surface area contributed by atoms with Crippen molar-refractivity contribution < 1.29 is 17.6 Å². The van der Waals surface area contributed by atoms with Gasteiger partial charge < -0.3 is 11.1 Å². The number of nitrogens with zero attached hydrogens (tertiary/aromatic N) is 5. The molecule has 4 aromatic rings. The predicted octanol–water partition coefficient (Wildman–Crippen LogP) is 4.00. The fraction of sp³-hybridized carbons (Fsp3) is 0.111. The molecule has 0 amide bonds. The van der Waals surface area contributed by atoms with E-state index in [1.165, 1.54) is 28.8 Å². The lowest BCUT2D eigenvalue weighted by Gasteiger charge is -2.10. The fourth-order valence-corrected chi connectivity index (χ4v) is 2.84. The number of rotatable bonds is 3. The Labute approximate surface area is 161 Å². The van der Waals surface area contributed by atoms with Crippen molar-refractivity contribution in [1.82, 2.24) is 24.5 Å². The molecule has 0 saturated heterocycles. The van der Waals surface area contributed by atoms with E-state index in [0.29, 0.717) is 17.0 Å². The van der Waals surface area contributed by atoms with E-state index in [-0.39, 0.29) is 23.4 Å². The average Bonchev–Trinajstić information content (AvgIpc) is 2.98. The molecule has 0 aliphatic carbocycles. The van der Waals surface area contributed by atoms with Crippen molar-refractivity contribution in [1.29, 1.82) is 0 Å². The van der Waals surface area contributed by atoms with E-state index in [2.05, 4.69) is 25.3 Å². The molecular weight excluding hydrogens is 390 g/mol. The second-order valence-corrected chi connectivity index (χ2v) is 6.12. The molecule has 7 nitrogen and oxygen atoms in total. The van der Waals surface area contributed by atoms with Crippen molar-refractivity contribution in [2.75, 3.05) is 11.1 Å². The number of alkyl halides is 3. The number of aryl methyl sites for hydroxylation is 1. The molecule has 2 aromatic heterocycles. The van der Waals surface area contributed by atoms with E-state index in [1.54, 1.807) is 13.0 Å². The second-order valence-electron chi connectivity index (χ2n) is 6.12. The first-order valence-corrected chi connectivity index (χ1v) is 8.32. The maximum Gasteiger partial charge on any atom is 0.416 e. The molecule has 4 rings (SSSR count). The molecule has 2 aromatic carbocycles. The summed E-state index contributed by atoms with van der Waals surface area (Å²) < 4.78 is 53.6. The van der Waals surface area contributed by atoms with Crippen LogP contribution in [0.5, 0.6) is 0 Å². The van der Waals surface area contributed by atoms with Crippen molar-refractivity contribution >= 4 is 28.6 Å².